The van der Waals surface area contributed by atoms with Crippen LogP contribution in [-0.2, 0) is 4.79 Å². The van der Waals surface area contributed by atoms with E-state index in [0.29, 0.717) is 18.9 Å². The lowest BCUT2D eigenvalue weighted by molar-refractivity contribution is -0.127. The summed E-state index contributed by atoms with van der Waals surface area (Å²) in [5.74, 6) is 0.920. The van der Waals surface area contributed by atoms with Gasteiger partial charge in [-0.3, -0.25) is 9.79 Å². The fraction of sp³-hybridized carbons (Fsp3) is 0.529. The predicted octanol–water partition coefficient (Wildman–Crippen LogP) is 2.48. The van der Waals surface area contributed by atoms with Crippen molar-refractivity contribution in [2.24, 2.45) is 16.6 Å². The van der Waals surface area contributed by atoms with Gasteiger partial charge < -0.3 is 15.5 Å². The van der Waals surface area contributed by atoms with Gasteiger partial charge in [0.05, 0.1) is 6.04 Å². The van der Waals surface area contributed by atoms with E-state index < -0.39 is 0 Å². The molecule has 1 aliphatic heterocycles. The van der Waals surface area contributed by atoms with Crippen LogP contribution in [0.4, 0.5) is 0 Å². The van der Waals surface area contributed by atoms with Crippen LogP contribution in [0.15, 0.2) is 35.3 Å². The monoisotopic (exact) mass is 430 g/mol. The van der Waals surface area contributed by atoms with E-state index in [1.54, 1.807) is 0 Å². The minimum Gasteiger partial charge on any atom is -0.370 e. The minimum absolute atomic E-state index is 0. The number of aliphatic imine (C=N–C) groups is 1. The van der Waals surface area contributed by atoms with Crippen LogP contribution in [0.3, 0.4) is 0 Å². The number of benzene rings is 1. The van der Waals surface area contributed by atoms with Gasteiger partial charge in [0.25, 0.3) is 0 Å². The number of likely N-dealkylation sites (tertiary alicyclic amines) is 1. The van der Waals surface area contributed by atoms with Gasteiger partial charge in [0, 0.05) is 39.0 Å². The second kappa shape index (κ2) is 9.10. The quantitative estimate of drug-likeness (QED) is 0.444. The van der Waals surface area contributed by atoms with E-state index in [1.165, 1.54) is 0 Å². The van der Waals surface area contributed by atoms with E-state index in [4.69, 9.17) is 5.73 Å². The minimum atomic E-state index is 0. The molecule has 0 bridgehead atoms. The number of halogens is 1. The number of nitrogens with zero attached hydrogens (tertiary/aromatic N) is 3. The van der Waals surface area contributed by atoms with Crippen molar-refractivity contribution in [2.75, 3.05) is 26.7 Å². The van der Waals surface area contributed by atoms with E-state index in [0.717, 1.165) is 18.7 Å². The third kappa shape index (κ3) is 4.59. The highest BCUT2D eigenvalue weighted by atomic mass is 127. The summed E-state index contributed by atoms with van der Waals surface area (Å²) < 4.78 is 0. The van der Waals surface area contributed by atoms with Crippen LogP contribution < -0.4 is 5.73 Å². The van der Waals surface area contributed by atoms with E-state index in [9.17, 15) is 4.79 Å². The first-order chi connectivity index (χ1) is 10.6. The number of carbonyl (C=O) groups excluding carboxylic acids is 1. The lowest BCUT2D eigenvalue weighted by atomic mass is 9.94. The molecular weight excluding hydrogens is 403 g/mol. The Labute approximate surface area is 156 Å². The molecular formula is C17H27IN4O. The number of amides is 1. The fourth-order valence-electron chi connectivity index (χ4n) is 3.12. The summed E-state index contributed by atoms with van der Waals surface area (Å²) in [6, 6.07) is 10.2. The molecule has 1 aliphatic rings. The molecule has 1 saturated heterocycles. The van der Waals surface area contributed by atoms with Crippen molar-refractivity contribution in [3.8, 4) is 0 Å². The topological polar surface area (TPSA) is 61.9 Å². The van der Waals surface area contributed by atoms with Crippen molar-refractivity contribution in [2.45, 2.75) is 26.3 Å². The maximum Gasteiger partial charge on any atom is 0.223 e. The molecule has 23 heavy (non-hydrogen) atoms. The molecule has 1 aromatic rings. The third-order valence-corrected chi connectivity index (χ3v) is 4.41. The van der Waals surface area contributed by atoms with Crippen LogP contribution in [0, 0.1) is 5.92 Å². The maximum absolute atomic E-state index is 12.1. The summed E-state index contributed by atoms with van der Waals surface area (Å²) in [6.07, 6.45) is 0.533. The van der Waals surface area contributed by atoms with E-state index in [2.05, 4.69) is 31.0 Å². The molecule has 5 nitrogen and oxygen atoms in total. The summed E-state index contributed by atoms with van der Waals surface area (Å²) in [4.78, 5) is 20.5. The molecule has 128 valence electrons. The van der Waals surface area contributed by atoms with Gasteiger partial charge in [-0.1, -0.05) is 30.3 Å². The molecule has 0 aliphatic carbocycles. The molecule has 0 spiro atoms. The van der Waals surface area contributed by atoms with E-state index >= 15 is 0 Å². The Balaban J connectivity index is 0.00000264. The van der Waals surface area contributed by atoms with Crippen molar-refractivity contribution in [3.05, 3.63) is 35.9 Å². The van der Waals surface area contributed by atoms with E-state index in [1.807, 2.05) is 35.0 Å². The average Bonchev–Trinajstić information content (AvgIpc) is 2.82. The van der Waals surface area contributed by atoms with Crippen molar-refractivity contribution in [1.82, 2.24) is 9.80 Å². The van der Waals surface area contributed by atoms with Crippen LogP contribution >= 0.6 is 24.0 Å². The van der Waals surface area contributed by atoms with Crippen LogP contribution in [0.25, 0.3) is 0 Å². The molecule has 0 aromatic heterocycles. The summed E-state index contributed by atoms with van der Waals surface area (Å²) in [5.41, 5.74) is 7.21. The first-order valence-corrected chi connectivity index (χ1v) is 7.93. The molecule has 1 amide bonds. The first kappa shape index (κ1) is 19.7. The highest BCUT2D eigenvalue weighted by molar-refractivity contribution is 14.0. The van der Waals surface area contributed by atoms with Crippen molar-refractivity contribution < 1.29 is 4.79 Å². The Kier molecular flexibility index (Phi) is 7.81. The standard InChI is InChI=1S/C17H26N4O.HI/c1-4-21(5-2)17(18)19-12-14-11-15(22)20(3)16(14)13-9-7-6-8-10-13;/h6-10,14,16H,4-5,11-12H2,1-3H3,(H2,18,19);1H. The van der Waals surface area contributed by atoms with Gasteiger partial charge in [-0.15, -0.1) is 24.0 Å². The molecule has 2 rings (SSSR count). The van der Waals surface area contributed by atoms with Gasteiger partial charge in [-0.2, -0.15) is 0 Å². The predicted molar refractivity (Wildman–Crippen MR) is 105 cm³/mol. The molecule has 1 aromatic carbocycles. The Hall–Kier alpha value is -1.31. The van der Waals surface area contributed by atoms with Crippen LogP contribution in [0.5, 0.6) is 0 Å². The second-order valence-corrected chi connectivity index (χ2v) is 5.70. The van der Waals surface area contributed by atoms with Crippen LogP contribution in [0.2, 0.25) is 0 Å². The number of hydrogen-bond acceptors (Lipinski definition) is 2. The van der Waals surface area contributed by atoms with Crippen LogP contribution in [-0.4, -0.2) is 48.3 Å². The molecule has 1 fully saturated rings. The number of hydrogen-bond donors (Lipinski definition) is 1. The van der Waals surface area contributed by atoms with Crippen LogP contribution in [0.1, 0.15) is 31.9 Å². The molecule has 0 radical (unpaired) electrons. The zero-order valence-electron chi connectivity index (χ0n) is 14.1. The zero-order valence-corrected chi connectivity index (χ0v) is 16.4. The molecule has 2 unspecified atom stereocenters. The Bertz CT molecular complexity index is 531. The number of nitrogens with two attached hydrogens (primary N) is 1. The smallest absolute Gasteiger partial charge is 0.223 e. The summed E-state index contributed by atoms with van der Waals surface area (Å²) in [6.45, 7) is 6.39. The number of guanidine groups is 1. The number of rotatable bonds is 5. The normalized spacial score (nSPS) is 21.3. The van der Waals surface area contributed by atoms with Crippen molar-refractivity contribution in [3.63, 3.8) is 0 Å². The van der Waals surface area contributed by atoms with Gasteiger partial charge in [0.15, 0.2) is 5.96 Å². The largest absolute Gasteiger partial charge is 0.370 e. The van der Waals surface area contributed by atoms with Gasteiger partial charge in [-0.05, 0) is 19.4 Å². The SMILES string of the molecule is CCN(CC)C(N)=NCC1CC(=O)N(C)C1c1ccccc1.I. The van der Waals surface area contributed by atoms with Gasteiger partial charge >= 0.3 is 0 Å². The number of carbonyl (C=O) groups is 1. The van der Waals surface area contributed by atoms with Crippen molar-refractivity contribution in [1.29, 1.82) is 0 Å². The lowest BCUT2D eigenvalue weighted by Crippen LogP contribution is -2.37. The van der Waals surface area contributed by atoms with Crippen molar-refractivity contribution >= 4 is 35.8 Å². The Morgan fingerprint density at radius 3 is 2.48 bits per heavy atom. The lowest BCUT2D eigenvalue weighted by Gasteiger charge is -2.25. The first-order valence-electron chi connectivity index (χ1n) is 7.93. The summed E-state index contributed by atoms with van der Waals surface area (Å²) >= 11 is 0. The second-order valence-electron chi connectivity index (χ2n) is 5.70. The summed E-state index contributed by atoms with van der Waals surface area (Å²) in [7, 11) is 1.87. The Morgan fingerprint density at radius 1 is 1.30 bits per heavy atom. The molecule has 1 heterocycles. The summed E-state index contributed by atoms with van der Waals surface area (Å²) in [5, 5.41) is 0. The Morgan fingerprint density at radius 2 is 1.91 bits per heavy atom. The van der Waals surface area contributed by atoms with Gasteiger partial charge in [0.2, 0.25) is 5.91 Å². The molecule has 2 atom stereocenters. The van der Waals surface area contributed by atoms with E-state index in [-0.39, 0.29) is 41.8 Å². The average molecular weight is 430 g/mol. The molecule has 6 heteroatoms. The zero-order chi connectivity index (χ0) is 16.1. The molecule has 0 saturated carbocycles. The van der Waals surface area contributed by atoms with Gasteiger partial charge in [0.1, 0.15) is 0 Å². The highest BCUT2D eigenvalue weighted by Gasteiger charge is 2.38. The molecule has 2 N–H and O–H groups in total. The third-order valence-electron chi connectivity index (χ3n) is 4.41. The van der Waals surface area contributed by atoms with Gasteiger partial charge in [-0.25, -0.2) is 0 Å². The highest BCUT2D eigenvalue weighted by Crippen LogP contribution is 2.36. The maximum atomic E-state index is 12.1. The fourth-order valence-corrected chi connectivity index (χ4v) is 3.12.